The van der Waals surface area contributed by atoms with E-state index in [9.17, 15) is 4.79 Å². The van der Waals surface area contributed by atoms with Gasteiger partial charge in [0.05, 0.1) is 12.0 Å². The summed E-state index contributed by atoms with van der Waals surface area (Å²) in [5, 5.41) is 11.7. The second-order valence-corrected chi connectivity index (χ2v) is 5.50. The number of hydrogen-bond donors (Lipinski definition) is 3. The van der Waals surface area contributed by atoms with Crippen molar-refractivity contribution in [1.29, 1.82) is 0 Å². The predicted molar refractivity (Wildman–Crippen MR) is 89.7 cm³/mol. The smallest absolute Gasteiger partial charge is 0.227 e. The molecule has 0 radical (unpaired) electrons. The third kappa shape index (κ3) is 5.35. The van der Waals surface area contributed by atoms with Crippen molar-refractivity contribution < 1.29 is 19.4 Å². The number of amides is 1. The van der Waals surface area contributed by atoms with Crippen LogP contribution in [0.4, 0.5) is 0 Å². The molecule has 2 rings (SSSR count). The van der Waals surface area contributed by atoms with E-state index in [2.05, 4.69) is 5.32 Å². The van der Waals surface area contributed by atoms with Gasteiger partial charge in [0, 0.05) is 26.3 Å². The molecule has 1 heterocycles. The minimum Gasteiger partial charge on any atom is -0.491 e. The fourth-order valence-electron chi connectivity index (χ4n) is 2.52. The van der Waals surface area contributed by atoms with Gasteiger partial charge in [0.2, 0.25) is 5.91 Å². The lowest BCUT2D eigenvalue weighted by molar-refractivity contribution is -0.136. The van der Waals surface area contributed by atoms with Gasteiger partial charge in [0.25, 0.3) is 0 Å². The molecular weight excluding hydrogens is 320 g/mol. The Hall–Kier alpha value is -1.34. The molecule has 23 heavy (non-hydrogen) atoms. The van der Waals surface area contributed by atoms with E-state index in [0.29, 0.717) is 44.9 Å². The van der Waals surface area contributed by atoms with E-state index < -0.39 is 5.41 Å². The molecule has 4 N–H and O–H groups in total. The molecule has 1 aromatic carbocycles. The van der Waals surface area contributed by atoms with Gasteiger partial charge in [0.15, 0.2) is 0 Å². The van der Waals surface area contributed by atoms with Crippen molar-refractivity contribution in [1.82, 2.24) is 5.32 Å². The monoisotopic (exact) mass is 344 g/mol. The molecule has 1 fully saturated rings. The Morgan fingerprint density at radius 2 is 1.96 bits per heavy atom. The van der Waals surface area contributed by atoms with Crippen molar-refractivity contribution in [2.45, 2.75) is 19.4 Å². The van der Waals surface area contributed by atoms with Crippen LogP contribution in [0, 0.1) is 5.41 Å². The quantitative estimate of drug-likeness (QED) is 0.682. The standard InChI is InChI=1S/C16H24N2O4.ClH/c17-12-16(5-8-21-9-6-16)15(20)18-11-13-1-3-14(4-2-13)22-10-7-19;/h1-4,19H,5-12,17H2,(H,18,20);1H. The Bertz CT molecular complexity index is 475. The number of aliphatic hydroxyl groups is 1. The zero-order valence-electron chi connectivity index (χ0n) is 13.1. The molecule has 1 saturated heterocycles. The highest BCUT2D eigenvalue weighted by molar-refractivity contribution is 5.85. The van der Waals surface area contributed by atoms with Gasteiger partial charge in [-0.25, -0.2) is 0 Å². The van der Waals surface area contributed by atoms with Crippen molar-refractivity contribution in [3.63, 3.8) is 0 Å². The predicted octanol–water partition coefficient (Wildman–Crippen LogP) is 0.851. The van der Waals surface area contributed by atoms with Crippen LogP contribution in [0.5, 0.6) is 5.75 Å². The van der Waals surface area contributed by atoms with Gasteiger partial charge in [-0.2, -0.15) is 0 Å². The molecule has 0 spiro atoms. The van der Waals surface area contributed by atoms with E-state index in [-0.39, 0.29) is 31.5 Å². The molecule has 1 aliphatic heterocycles. The van der Waals surface area contributed by atoms with Crippen LogP contribution in [0.1, 0.15) is 18.4 Å². The third-order valence-corrected chi connectivity index (χ3v) is 4.06. The maximum atomic E-state index is 12.4. The number of benzene rings is 1. The summed E-state index contributed by atoms with van der Waals surface area (Å²) >= 11 is 0. The molecule has 1 amide bonds. The van der Waals surface area contributed by atoms with Crippen LogP contribution in [-0.4, -0.2) is 44.0 Å². The van der Waals surface area contributed by atoms with E-state index >= 15 is 0 Å². The van der Waals surface area contributed by atoms with Crippen LogP contribution in [0.15, 0.2) is 24.3 Å². The first kappa shape index (κ1) is 19.7. The number of nitrogens with one attached hydrogen (secondary N) is 1. The first-order chi connectivity index (χ1) is 10.7. The first-order valence-electron chi connectivity index (χ1n) is 7.59. The van der Waals surface area contributed by atoms with Crippen LogP contribution in [0.25, 0.3) is 0 Å². The number of aliphatic hydroxyl groups excluding tert-OH is 1. The SMILES string of the molecule is Cl.NCC1(C(=O)NCc2ccc(OCCO)cc2)CCOCC1. The number of ether oxygens (including phenoxy) is 2. The fourth-order valence-corrected chi connectivity index (χ4v) is 2.52. The molecule has 0 atom stereocenters. The molecule has 0 aliphatic carbocycles. The highest BCUT2D eigenvalue weighted by atomic mass is 35.5. The lowest BCUT2D eigenvalue weighted by Crippen LogP contribution is -2.48. The highest BCUT2D eigenvalue weighted by Crippen LogP contribution is 2.29. The number of carbonyl (C=O) groups is 1. The average Bonchev–Trinajstić information content (AvgIpc) is 2.59. The van der Waals surface area contributed by atoms with Gasteiger partial charge in [-0.15, -0.1) is 12.4 Å². The molecule has 1 aliphatic rings. The Morgan fingerprint density at radius 1 is 1.30 bits per heavy atom. The van der Waals surface area contributed by atoms with Crippen LogP contribution in [0.3, 0.4) is 0 Å². The van der Waals surface area contributed by atoms with Crippen molar-refractivity contribution in [2.75, 3.05) is 33.0 Å². The van der Waals surface area contributed by atoms with Gasteiger partial charge in [-0.1, -0.05) is 12.1 Å². The molecule has 7 heteroatoms. The van der Waals surface area contributed by atoms with E-state index in [0.717, 1.165) is 5.56 Å². The van der Waals surface area contributed by atoms with Crippen LogP contribution >= 0.6 is 12.4 Å². The van der Waals surface area contributed by atoms with E-state index in [4.69, 9.17) is 20.3 Å². The van der Waals surface area contributed by atoms with Gasteiger partial charge in [-0.3, -0.25) is 4.79 Å². The molecule has 0 bridgehead atoms. The normalized spacial score (nSPS) is 16.3. The van der Waals surface area contributed by atoms with Gasteiger partial charge in [-0.05, 0) is 30.5 Å². The van der Waals surface area contributed by atoms with Crippen LogP contribution < -0.4 is 15.8 Å². The largest absolute Gasteiger partial charge is 0.491 e. The number of nitrogens with two attached hydrogens (primary N) is 1. The lowest BCUT2D eigenvalue weighted by Gasteiger charge is -2.34. The first-order valence-corrected chi connectivity index (χ1v) is 7.59. The van der Waals surface area contributed by atoms with E-state index in [1.807, 2.05) is 24.3 Å². The molecule has 0 saturated carbocycles. The summed E-state index contributed by atoms with van der Waals surface area (Å²) in [7, 11) is 0. The zero-order chi connectivity index (χ0) is 15.8. The number of hydrogen-bond acceptors (Lipinski definition) is 5. The minimum absolute atomic E-state index is 0. The number of rotatable bonds is 7. The Morgan fingerprint density at radius 3 is 2.52 bits per heavy atom. The minimum atomic E-state index is -0.498. The molecule has 130 valence electrons. The second kappa shape index (κ2) is 9.72. The maximum Gasteiger partial charge on any atom is 0.227 e. The number of carbonyl (C=O) groups excluding carboxylic acids is 1. The lowest BCUT2D eigenvalue weighted by atomic mass is 9.79. The molecular formula is C16H25ClN2O4. The van der Waals surface area contributed by atoms with Gasteiger partial charge < -0.3 is 25.6 Å². The molecule has 0 aromatic heterocycles. The topological polar surface area (TPSA) is 93.8 Å². The van der Waals surface area contributed by atoms with Crippen LogP contribution in [-0.2, 0) is 16.1 Å². The number of halogens is 1. The summed E-state index contributed by atoms with van der Waals surface area (Å²) in [4.78, 5) is 12.4. The van der Waals surface area contributed by atoms with Crippen LogP contribution in [0.2, 0.25) is 0 Å². The Balaban J connectivity index is 0.00000264. The molecule has 0 unspecified atom stereocenters. The summed E-state index contributed by atoms with van der Waals surface area (Å²) in [6, 6.07) is 7.44. The summed E-state index contributed by atoms with van der Waals surface area (Å²) < 4.78 is 10.6. The van der Waals surface area contributed by atoms with Crippen molar-refractivity contribution in [3.8, 4) is 5.75 Å². The zero-order valence-corrected chi connectivity index (χ0v) is 13.9. The average molecular weight is 345 g/mol. The fraction of sp³-hybridized carbons (Fsp3) is 0.562. The third-order valence-electron chi connectivity index (χ3n) is 4.06. The molecule has 6 nitrogen and oxygen atoms in total. The van der Waals surface area contributed by atoms with Crippen molar-refractivity contribution in [3.05, 3.63) is 29.8 Å². The maximum absolute atomic E-state index is 12.4. The van der Waals surface area contributed by atoms with Crippen molar-refractivity contribution >= 4 is 18.3 Å². The van der Waals surface area contributed by atoms with Crippen molar-refractivity contribution in [2.24, 2.45) is 11.1 Å². The summed E-state index contributed by atoms with van der Waals surface area (Å²) in [6.45, 7) is 2.24. The summed E-state index contributed by atoms with van der Waals surface area (Å²) in [5.41, 5.74) is 6.31. The van der Waals surface area contributed by atoms with Gasteiger partial charge in [0.1, 0.15) is 12.4 Å². The highest BCUT2D eigenvalue weighted by Gasteiger charge is 2.38. The second-order valence-electron chi connectivity index (χ2n) is 5.50. The summed E-state index contributed by atoms with van der Waals surface area (Å²) in [5.74, 6) is 0.700. The molecule has 1 aromatic rings. The Kier molecular flexibility index (Phi) is 8.33. The summed E-state index contributed by atoms with van der Waals surface area (Å²) in [6.07, 6.45) is 1.34. The van der Waals surface area contributed by atoms with E-state index in [1.165, 1.54) is 0 Å². The van der Waals surface area contributed by atoms with E-state index in [1.54, 1.807) is 0 Å². The van der Waals surface area contributed by atoms with Gasteiger partial charge >= 0.3 is 0 Å². The Labute approximate surface area is 142 Å².